The fraction of sp³-hybridized carbons (Fsp3) is 0.571. The van der Waals surface area contributed by atoms with Gasteiger partial charge in [-0.3, -0.25) is 9.09 Å². The summed E-state index contributed by atoms with van der Waals surface area (Å²) in [4.78, 5) is 14.0. The molecule has 1 aromatic heterocycles. The first kappa shape index (κ1) is 15.7. The predicted octanol–water partition coefficient (Wildman–Crippen LogP) is 3.31. The lowest BCUT2D eigenvalue weighted by Crippen LogP contribution is -2.21. The number of imidazole rings is 1. The smallest absolute Gasteiger partial charge is 0.358 e. The van der Waals surface area contributed by atoms with E-state index in [0.29, 0.717) is 5.82 Å². The highest BCUT2D eigenvalue weighted by atomic mass is 35.9. The molecule has 0 N–H and O–H groups in total. The highest BCUT2D eigenvalue weighted by Crippen LogP contribution is 2.58. The Morgan fingerprint density at radius 3 is 2.72 bits per heavy atom. The Bertz CT molecular complexity index is 488. The fourth-order valence-corrected chi connectivity index (χ4v) is 2.73. The lowest BCUT2D eigenvalue weighted by molar-refractivity contribution is -0.392. The van der Waals surface area contributed by atoms with Gasteiger partial charge in [-0.05, 0) is 27.4 Å². The van der Waals surface area contributed by atoms with Crippen LogP contribution >= 0.6 is 40.2 Å². The van der Waals surface area contributed by atoms with Crippen molar-refractivity contribution in [1.29, 1.82) is 0 Å². The van der Waals surface area contributed by atoms with Crippen LogP contribution in [-0.4, -0.2) is 26.5 Å². The molecule has 0 bridgehead atoms. The number of hydrogen-bond donors (Lipinski definition) is 0. The highest BCUT2D eigenvalue weighted by molar-refractivity contribution is 8.05. The minimum absolute atomic E-state index is 0.0188. The molecule has 0 unspecified atom stereocenters. The van der Waals surface area contributed by atoms with E-state index < -0.39 is 17.1 Å². The minimum Gasteiger partial charge on any atom is -0.358 e. The van der Waals surface area contributed by atoms with E-state index >= 15 is 0 Å². The number of hydrogen-bond acceptors (Lipinski definition) is 5. The summed E-state index contributed by atoms with van der Waals surface area (Å²) in [6.45, 7) is 1.56. The summed E-state index contributed by atoms with van der Waals surface area (Å²) >= 11 is 16.1. The van der Waals surface area contributed by atoms with Crippen LogP contribution in [0.4, 0.5) is 5.82 Å². The number of rotatable bonds is 6. The number of aryl methyl sites for hydroxylation is 1. The number of nitrogens with zero attached hydrogens (tertiary/aromatic N) is 3. The van der Waals surface area contributed by atoms with Crippen molar-refractivity contribution in [1.82, 2.24) is 9.55 Å². The SMILES string of the molecule is Cc1ncc([N+](=O)[O-])n1C[C@@H](CCl)OP(=O)(Cl)Cl. The van der Waals surface area contributed by atoms with Crippen LogP contribution in [0, 0.1) is 17.0 Å². The summed E-state index contributed by atoms with van der Waals surface area (Å²) in [6.07, 6.45) is -3.46. The van der Waals surface area contributed by atoms with Crippen LogP contribution < -0.4 is 0 Å². The van der Waals surface area contributed by atoms with Crippen molar-refractivity contribution in [3.8, 4) is 0 Å². The second kappa shape index (κ2) is 6.21. The van der Waals surface area contributed by atoms with Gasteiger partial charge in [-0.25, -0.2) is 9.55 Å². The fourth-order valence-electron chi connectivity index (χ4n) is 1.32. The first-order valence-corrected chi connectivity index (χ1v) is 8.61. The summed E-state index contributed by atoms with van der Waals surface area (Å²) in [6, 6.07) is 0. The van der Waals surface area contributed by atoms with Gasteiger partial charge in [-0.15, -0.1) is 11.6 Å². The van der Waals surface area contributed by atoms with Crippen LogP contribution in [0.15, 0.2) is 6.20 Å². The zero-order chi connectivity index (χ0) is 13.9. The summed E-state index contributed by atoms with van der Waals surface area (Å²) in [7, 11) is 0. The average molecular weight is 336 g/mol. The van der Waals surface area contributed by atoms with Crippen LogP contribution in [0.1, 0.15) is 5.82 Å². The number of nitro groups is 1. The van der Waals surface area contributed by atoms with Crippen LogP contribution in [0.2, 0.25) is 0 Å². The predicted molar refractivity (Wildman–Crippen MR) is 68.5 cm³/mol. The van der Waals surface area contributed by atoms with Crippen molar-refractivity contribution in [3.63, 3.8) is 0 Å². The quantitative estimate of drug-likeness (QED) is 0.344. The zero-order valence-electron chi connectivity index (χ0n) is 9.12. The van der Waals surface area contributed by atoms with Gasteiger partial charge in [0.15, 0.2) is 5.82 Å². The molecule has 11 heteroatoms. The maximum absolute atomic E-state index is 11.1. The monoisotopic (exact) mass is 335 g/mol. The van der Waals surface area contributed by atoms with E-state index in [1.165, 1.54) is 4.57 Å². The molecule has 0 saturated heterocycles. The van der Waals surface area contributed by atoms with Gasteiger partial charge in [0.25, 0.3) is 0 Å². The molecule has 7 nitrogen and oxygen atoms in total. The first-order valence-electron chi connectivity index (χ1n) is 4.65. The van der Waals surface area contributed by atoms with E-state index in [4.69, 9.17) is 38.6 Å². The van der Waals surface area contributed by atoms with Crippen molar-refractivity contribution < 1.29 is 14.0 Å². The van der Waals surface area contributed by atoms with E-state index in [-0.39, 0.29) is 18.2 Å². The average Bonchev–Trinajstić information content (AvgIpc) is 2.57. The number of aromatic nitrogens is 2. The molecule has 0 spiro atoms. The molecule has 1 atom stereocenters. The standard InChI is InChI=1S/C7H9Cl3N3O4P/c1-5-11-3-7(13(14)15)12(5)4-6(2-8)17-18(9,10)16/h3,6H,2,4H2,1H3/t6-/m1/s1. The van der Waals surface area contributed by atoms with Gasteiger partial charge in [0.05, 0.1) is 5.88 Å². The Morgan fingerprint density at radius 1 is 1.67 bits per heavy atom. The van der Waals surface area contributed by atoms with E-state index in [0.717, 1.165) is 6.20 Å². The van der Waals surface area contributed by atoms with Gasteiger partial charge in [-0.1, -0.05) is 0 Å². The van der Waals surface area contributed by atoms with Crippen LogP contribution in [0.25, 0.3) is 0 Å². The van der Waals surface area contributed by atoms with E-state index in [1.54, 1.807) is 6.92 Å². The second-order valence-electron chi connectivity index (χ2n) is 3.33. The van der Waals surface area contributed by atoms with E-state index in [1.807, 2.05) is 0 Å². The van der Waals surface area contributed by atoms with Crippen molar-refractivity contribution in [2.24, 2.45) is 0 Å². The maximum atomic E-state index is 11.1. The van der Waals surface area contributed by atoms with Gasteiger partial charge in [0.2, 0.25) is 0 Å². The summed E-state index contributed by atoms with van der Waals surface area (Å²) in [5.74, 6) is 0.114. The Morgan fingerprint density at radius 2 is 2.28 bits per heavy atom. The Hall–Kier alpha value is -0.330. The van der Waals surface area contributed by atoms with Gasteiger partial charge >= 0.3 is 11.9 Å². The van der Waals surface area contributed by atoms with E-state index in [9.17, 15) is 14.7 Å². The molecular weight excluding hydrogens is 327 g/mol. The van der Waals surface area contributed by atoms with Crippen molar-refractivity contribution >= 4 is 46.0 Å². The third-order valence-corrected chi connectivity index (χ3v) is 3.42. The summed E-state index contributed by atoms with van der Waals surface area (Å²) in [5, 5.41) is 10.8. The van der Waals surface area contributed by atoms with Gasteiger partial charge in [-0.2, -0.15) is 0 Å². The molecule has 0 aliphatic carbocycles. The molecule has 1 rings (SSSR count). The molecule has 18 heavy (non-hydrogen) atoms. The zero-order valence-corrected chi connectivity index (χ0v) is 12.3. The van der Waals surface area contributed by atoms with Gasteiger partial charge in [0.1, 0.15) is 18.8 Å². The molecule has 0 fully saturated rings. The topological polar surface area (TPSA) is 87.3 Å². The third-order valence-electron chi connectivity index (χ3n) is 2.05. The minimum atomic E-state index is -3.75. The highest BCUT2D eigenvalue weighted by Gasteiger charge is 2.27. The molecule has 0 saturated carbocycles. The molecular formula is C7H9Cl3N3O4P. The Balaban J connectivity index is 2.91. The van der Waals surface area contributed by atoms with Crippen LogP contribution in [0.5, 0.6) is 0 Å². The van der Waals surface area contributed by atoms with Gasteiger partial charge < -0.3 is 10.1 Å². The normalized spacial score (nSPS) is 13.6. The first-order chi connectivity index (χ1) is 8.24. The van der Waals surface area contributed by atoms with Crippen molar-refractivity contribution in [2.45, 2.75) is 19.6 Å². The molecule has 1 heterocycles. The molecule has 0 radical (unpaired) electrons. The number of halogens is 3. The molecule has 0 aromatic carbocycles. The lowest BCUT2D eigenvalue weighted by Gasteiger charge is -2.14. The van der Waals surface area contributed by atoms with Crippen molar-refractivity contribution in [3.05, 3.63) is 22.1 Å². The van der Waals surface area contributed by atoms with E-state index in [2.05, 4.69) is 4.98 Å². The molecule has 102 valence electrons. The molecule has 0 aliphatic heterocycles. The molecule has 0 aliphatic rings. The summed E-state index contributed by atoms with van der Waals surface area (Å²) < 4.78 is 17.2. The maximum Gasteiger partial charge on any atom is 0.380 e. The largest absolute Gasteiger partial charge is 0.380 e. The van der Waals surface area contributed by atoms with Crippen LogP contribution in [0.3, 0.4) is 0 Å². The van der Waals surface area contributed by atoms with Gasteiger partial charge in [0, 0.05) is 6.92 Å². The van der Waals surface area contributed by atoms with Crippen molar-refractivity contribution in [2.75, 3.05) is 5.88 Å². The summed E-state index contributed by atoms with van der Waals surface area (Å²) in [5.41, 5.74) is 0. The Kier molecular flexibility index (Phi) is 5.43. The van der Waals surface area contributed by atoms with Crippen LogP contribution in [-0.2, 0) is 15.6 Å². The molecule has 0 amide bonds. The lowest BCUT2D eigenvalue weighted by atomic mass is 10.4. The molecule has 1 aromatic rings. The number of alkyl halides is 1. The Labute approximate surface area is 117 Å². The third kappa shape index (κ3) is 4.40. The second-order valence-corrected chi connectivity index (χ2v) is 7.87.